The number of benzene rings is 1. The van der Waals surface area contributed by atoms with Gasteiger partial charge in [-0.05, 0) is 24.6 Å². The summed E-state index contributed by atoms with van der Waals surface area (Å²) in [5, 5.41) is 10.6. The zero-order chi connectivity index (χ0) is 12.3. The van der Waals surface area contributed by atoms with Crippen LogP contribution in [0, 0.1) is 5.82 Å². The van der Waals surface area contributed by atoms with Crippen LogP contribution in [-0.2, 0) is 4.79 Å². The third kappa shape index (κ3) is 3.13. The lowest BCUT2D eigenvalue weighted by Gasteiger charge is -1.91. The number of nitrogens with zero attached hydrogens (tertiary/aromatic N) is 2. The minimum Gasteiger partial charge on any atom is -0.303 e. The largest absolute Gasteiger partial charge is 0.303 e. The maximum absolute atomic E-state index is 12.6. The van der Waals surface area contributed by atoms with E-state index in [2.05, 4.69) is 15.5 Å². The van der Waals surface area contributed by atoms with Gasteiger partial charge in [-0.2, -0.15) is 5.10 Å². The summed E-state index contributed by atoms with van der Waals surface area (Å²) < 4.78 is 12.6. The lowest BCUT2D eigenvalue weighted by atomic mass is 10.2. The van der Waals surface area contributed by atoms with Gasteiger partial charge in [0, 0.05) is 0 Å². The molecule has 6 heteroatoms. The second kappa shape index (κ2) is 5.09. The number of rotatable bonds is 2. The minimum absolute atomic E-state index is 0.0641. The van der Waals surface area contributed by atoms with E-state index in [0.29, 0.717) is 5.17 Å². The van der Waals surface area contributed by atoms with Gasteiger partial charge in [-0.15, -0.1) is 5.10 Å². The molecule has 1 aromatic carbocycles. The average Bonchev–Trinajstić information content (AvgIpc) is 2.61. The van der Waals surface area contributed by atoms with Crippen molar-refractivity contribution in [2.45, 2.75) is 12.2 Å². The van der Waals surface area contributed by atoms with E-state index in [1.165, 1.54) is 30.1 Å². The lowest BCUT2D eigenvalue weighted by molar-refractivity contribution is -0.118. The summed E-state index contributed by atoms with van der Waals surface area (Å²) in [5.74, 6) is -0.355. The Morgan fingerprint density at radius 3 is 2.71 bits per heavy atom. The summed E-state index contributed by atoms with van der Waals surface area (Å²) >= 11 is 1.33. The first kappa shape index (κ1) is 11.8. The normalized spacial score (nSPS) is 22.4. The van der Waals surface area contributed by atoms with Crippen LogP contribution in [0.5, 0.6) is 0 Å². The molecule has 1 atom stereocenters. The van der Waals surface area contributed by atoms with E-state index >= 15 is 0 Å². The van der Waals surface area contributed by atoms with Crippen molar-refractivity contribution in [3.63, 3.8) is 0 Å². The first-order valence-electron chi connectivity index (χ1n) is 4.99. The van der Waals surface area contributed by atoms with Gasteiger partial charge in [0.1, 0.15) is 5.82 Å². The average molecular weight is 251 g/mol. The highest BCUT2D eigenvalue weighted by Gasteiger charge is 2.25. The molecule has 1 aromatic rings. The maximum Gasteiger partial charge on any atom is 0.239 e. The molecule has 1 aliphatic heterocycles. The fourth-order valence-corrected chi connectivity index (χ4v) is 1.96. The summed E-state index contributed by atoms with van der Waals surface area (Å²) in [6, 6.07) is 5.90. The molecule has 0 radical (unpaired) electrons. The van der Waals surface area contributed by atoms with Crippen LogP contribution in [0.1, 0.15) is 12.5 Å². The van der Waals surface area contributed by atoms with Gasteiger partial charge in [0.15, 0.2) is 5.17 Å². The quantitative estimate of drug-likeness (QED) is 0.643. The van der Waals surface area contributed by atoms with Crippen molar-refractivity contribution in [3.8, 4) is 0 Å². The Kier molecular flexibility index (Phi) is 3.53. The molecule has 1 fully saturated rings. The third-order valence-corrected chi connectivity index (χ3v) is 3.09. The highest BCUT2D eigenvalue weighted by Crippen LogP contribution is 2.18. The zero-order valence-corrected chi connectivity index (χ0v) is 9.87. The molecule has 0 spiro atoms. The van der Waals surface area contributed by atoms with Crippen LogP contribution in [0.4, 0.5) is 4.39 Å². The molecule has 0 bridgehead atoms. The van der Waals surface area contributed by atoms with E-state index < -0.39 is 0 Å². The van der Waals surface area contributed by atoms with Crippen LogP contribution in [0.15, 0.2) is 34.5 Å². The Hall–Kier alpha value is -1.69. The molecule has 0 aliphatic carbocycles. The molecular formula is C11H10FN3OS. The van der Waals surface area contributed by atoms with Gasteiger partial charge >= 0.3 is 0 Å². The Labute approximate surface area is 102 Å². The molecule has 2 rings (SSSR count). The molecule has 1 heterocycles. The van der Waals surface area contributed by atoms with E-state index in [-0.39, 0.29) is 17.0 Å². The molecule has 1 amide bonds. The number of hydrogen-bond acceptors (Lipinski definition) is 4. The van der Waals surface area contributed by atoms with Gasteiger partial charge in [0.05, 0.1) is 11.5 Å². The van der Waals surface area contributed by atoms with Crippen LogP contribution < -0.4 is 5.32 Å². The number of hydrogen-bond donors (Lipinski definition) is 1. The van der Waals surface area contributed by atoms with Gasteiger partial charge in [0.2, 0.25) is 5.91 Å². The second-order valence-electron chi connectivity index (χ2n) is 3.45. The number of thioether (sulfide) groups is 1. The summed E-state index contributed by atoms with van der Waals surface area (Å²) in [7, 11) is 0. The van der Waals surface area contributed by atoms with Gasteiger partial charge in [-0.1, -0.05) is 23.9 Å². The summed E-state index contributed by atoms with van der Waals surface area (Å²) in [4.78, 5) is 11.1. The standard InChI is InChI=1S/C11H10FN3OS/c1-7-10(16)14-11(17-7)15-13-6-8-2-4-9(12)5-3-8/h2-7H,1H3,(H,14,15,16)/b13-6-/t7-/m1/s1. The van der Waals surface area contributed by atoms with Crippen LogP contribution in [-0.4, -0.2) is 22.5 Å². The summed E-state index contributed by atoms with van der Waals surface area (Å²) in [6.07, 6.45) is 1.50. The van der Waals surface area contributed by atoms with Crippen LogP contribution in [0.25, 0.3) is 0 Å². The van der Waals surface area contributed by atoms with Gasteiger partial charge < -0.3 is 5.32 Å². The maximum atomic E-state index is 12.6. The molecule has 4 nitrogen and oxygen atoms in total. The SMILES string of the molecule is C[C@H]1S/C(=N\N=C/c2ccc(F)cc2)NC1=O. The van der Waals surface area contributed by atoms with Crippen molar-refractivity contribution < 1.29 is 9.18 Å². The van der Waals surface area contributed by atoms with Gasteiger partial charge in [-0.3, -0.25) is 4.79 Å². The van der Waals surface area contributed by atoms with E-state index in [4.69, 9.17) is 0 Å². The molecule has 1 aliphatic rings. The second-order valence-corrected chi connectivity index (χ2v) is 4.78. The van der Waals surface area contributed by atoms with E-state index in [1.807, 2.05) is 0 Å². The van der Waals surface area contributed by atoms with Crippen LogP contribution >= 0.6 is 11.8 Å². The van der Waals surface area contributed by atoms with Gasteiger partial charge in [-0.25, -0.2) is 4.39 Å². The zero-order valence-electron chi connectivity index (χ0n) is 9.05. The third-order valence-electron chi connectivity index (χ3n) is 2.11. The summed E-state index contributed by atoms with van der Waals surface area (Å²) in [5.41, 5.74) is 0.748. The highest BCUT2D eigenvalue weighted by molar-refractivity contribution is 8.15. The van der Waals surface area contributed by atoms with Crippen molar-refractivity contribution in [1.82, 2.24) is 5.32 Å². The van der Waals surface area contributed by atoms with E-state index in [0.717, 1.165) is 5.56 Å². The Bertz CT molecular complexity index is 484. The van der Waals surface area contributed by atoms with Crippen LogP contribution in [0.2, 0.25) is 0 Å². The van der Waals surface area contributed by atoms with Gasteiger partial charge in [0.25, 0.3) is 0 Å². The molecular weight excluding hydrogens is 241 g/mol. The first-order valence-corrected chi connectivity index (χ1v) is 5.87. The molecule has 88 valence electrons. The molecule has 0 aromatic heterocycles. The molecule has 1 saturated heterocycles. The minimum atomic E-state index is -0.291. The smallest absolute Gasteiger partial charge is 0.239 e. The Morgan fingerprint density at radius 2 is 2.12 bits per heavy atom. The lowest BCUT2D eigenvalue weighted by Crippen LogP contribution is -2.23. The van der Waals surface area contributed by atoms with Crippen molar-refractivity contribution in [2.24, 2.45) is 10.2 Å². The molecule has 17 heavy (non-hydrogen) atoms. The Morgan fingerprint density at radius 1 is 1.41 bits per heavy atom. The molecule has 1 N–H and O–H groups in total. The number of carbonyl (C=O) groups excluding carboxylic acids is 1. The predicted octanol–water partition coefficient (Wildman–Crippen LogP) is 1.77. The topological polar surface area (TPSA) is 53.8 Å². The predicted molar refractivity (Wildman–Crippen MR) is 66.6 cm³/mol. The van der Waals surface area contributed by atoms with E-state index in [1.54, 1.807) is 19.1 Å². The Balaban J connectivity index is 2.00. The van der Waals surface area contributed by atoms with E-state index in [9.17, 15) is 9.18 Å². The van der Waals surface area contributed by atoms with Crippen molar-refractivity contribution in [2.75, 3.05) is 0 Å². The monoisotopic (exact) mass is 251 g/mol. The fraction of sp³-hybridized carbons (Fsp3) is 0.182. The number of carbonyl (C=O) groups is 1. The number of amides is 1. The van der Waals surface area contributed by atoms with Crippen LogP contribution in [0.3, 0.4) is 0 Å². The first-order chi connectivity index (χ1) is 8.15. The molecule has 0 saturated carbocycles. The van der Waals surface area contributed by atoms with Crippen molar-refractivity contribution >= 4 is 29.1 Å². The van der Waals surface area contributed by atoms with Crippen molar-refractivity contribution in [3.05, 3.63) is 35.6 Å². The summed E-state index contributed by atoms with van der Waals surface area (Å²) in [6.45, 7) is 1.80. The highest BCUT2D eigenvalue weighted by atomic mass is 32.2. The number of amidine groups is 1. The molecule has 0 unspecified atom stereocenters. The van der Waals surface area contributed by atoms with Crippen molar-refractivity contribution in [1.29, 1.82) is 0 Å². The number of nitrogens with one attached hydrogen (secondary N) is 1. The fourth-order valence-electron chi connectivity index (χ4n) is 1.20. The number of halogens is 1.